The molecule has 0 fully saturated rings. The van der Waals surface area contributed by atoms with Crippen LogP contribution in [0.25, 0.3) is 11.3 Å². The summed E-state index contributed by atoms with van der Waals surface area (Å²) in [6.45, 7) is 6.18. The molecule has 1 amide bonds. The first kappa shape index (κ1) is 18.4. The van der Waals surface area contributed by atoms with Crippen LogP contribution in [0.1, 0.15) is 37.8 Å². The first-order valence-electron chi connectivity index (χ1n) is 9.53. The molecule has 0 aliphatic carbocycles. The molecule has 0 N–H and O–H groups in total. The minimum Gasteiger partial charge on any atom is -0.294 e. The molecule has 0 radical (unpaired) electrons. The van der Waals surface area contributed by atoms with Crippen LogP contribution in [0.2, 0.25) is 0 Å². The molecule has 1 aliphatic rings. The number of carbonyl (C=O) groups excluding carboxylic acids is 1. The lowest BCUT2D eigenvalue weighted by atomic mass is 9.91. The van der Waals surface area contributed by atoms with Crippen LogP contribution in [0, 0.1) is 5.82 Å². The molecule has 5 heteroatoms. The van der Waals surface area contributed by atoms with Crippen molar-refractivity contribution in [3.05, 3.63) is 71.7 Å². The molecule has 0 saturated carbocycles. The van der Waals surface area contributed by atoms with Crippen LogP contribution in [-0.4, -0.2) is 22.5 Å². The van der Waals surface area contributed by atoms with Crippen molar-refractivity contribution in [1.29, 1.82) is 0 Å². The van der Waals surface area contributed by atoms with E-state index >= 15 is 0 Å². The molecule has 0 spiro atoms. The summed E-state index contributed by atoms with van der Waals surface area (Å²) >= 11 is 0. The van der Waals surface area contributed by atoms with Gasteiger partial charge in [-0.1, -0.05) is 56.3 Å². The van der Waals surface area contributed by atoms with Gasteiger partial charge < -0.3 is 0 Å². The van der Waals surface area contributed by atoms with E-state index in [0.29, 0.717) is 17.4 Å². The van der Waals surface area contributed by atoms with Crippen molar-refractivity contribution in [2.75, 3.05) is 11.9 Å². The maximum atomic E-state index is 14.3. The van der Waals surface area contributed by atoms with Crippen LogP contribution in [-0.2, 0) is 16.8 Å². The van der Waals surface area contributed by atoms with Gasteiger partial charge in [-0.05, 0) is 35.6 Å². The van der Waals surface area contributed by atoms with Gasteiger partial charge in [0.15, 0.2) is 0 Å². The van der Waals surface area contributed by atoms with Crippen LogP contribution < -0.4 is 4.90 Å². The van der Waals surface area contributed by atoms with Crippen molar-refractivity contribution in [2.45, 2.75) is 38.6 Å². The summed E-state index contributed by atoms with van der Waals surface area (Å²) in [5.41, 5.74) is 2.70. The van der Waals surface area contributed by atoms with E-state index < -0.39 is 5.54 Å². The second-order valence-electron chi connectivity index (χ2n) is 7.96. The van der Waals surface area contributed by atoms with Crippen molar-refractivity contribution in [2.24, 2.45) is 0 Å². The molecule has 1 unspecified atom stereocenters. The zero-order chi connectivity index (χ0) is 20.1. The number of hydrogen-bond acceptors (Lipinski definition) is 2. The summed E-state index contributed by atoms with van der Waals surface area (Å²) in [4.78, 5) is 19.2. The number of benzene rings is 2. The maximum absolute atomic E-state index is 14.3. The van der Waals surface area contributed by atoms with Crippen molar-refractivity contribution in [1.82, 2.24) is 9.55 Å². The van der Waals surface area contributed by atoms with Gasteiger partial charge in [-0.2, -0.15) is 0 Å². The molecule has 144 valence electrons. The third-order valence-electron chi connectivity index (χ3n) is 5.67. The first-order valence-corrected chi connectivity index (χ1v) is 9.53. The zero-order valence-corrected chi connectivity index (χ0v) is 16.6. The number of halogens is 1. The molecule has 4 nitrogen and oxygen atoms in total. The number of rotatable bonds is 4. The Labute approximate surface area is 164 Å². The Morgan fingerprint density at radius 1 is 1.11 bits per heavy atom. The normalized spacial score (nSPS) is 18.8. The highest BCUT2D eigenvalue weighted by molar-refractivity contribution is 6.02. The highest BCUT2D eigenvalue weighted by atomic mass is 19.1. The van der Waals surface area contributed by atoms with E-state index in [1.807, 2.05) is 11.5 Å². The van der Waals surface area contributed by atoms with E-state index in [0.717, 1.165) is 11.3 Å². The molecule has 28 heavy (non-hydrogen) atoms. The fourth-order valence-corrected chi connectivity index (χ4v) is 4.02. The second kappa shape index (κ2) is 6.59. The Balaban J connectivity index is 1.82. The number of anilines is 1. The number of amides is 1. The molecule has 4 rings (SSSR count). The number of aromatic nitrogens is 2. The van der Waals surface area contributed by atoms with E-state index in [1.165, 1.54) is 11.6 Å². The summed E-state index contributed by atoms with van der Waals surface area (Å²) in [5, 5.41) is 0. The molecular formula is C23H24FN3O. The van der Waals surface area contributed by atoms with E-state index in [-0.39, 0.29) is 18.1 Å². The minimum atomic E-state index is -0.936. The average Bonchev–Trinajstić information content (AvgIpc) is 3.20. The maximum Gasteiger partial charge on any atom is 0.255 e. The Morgan fingerprint density at radius 3 is 2.43 bits per heavy atom. The second-order valence-corrected chi connectivity index (χ2v) is 7.96. The van der Waals surface area contributed by atoms with Crippen molar-refractivity contribution >= 4 is 11.9 Å². The van der Waals surface area contributed by atoms with Gasteiger partial charge >= 0.3 is 0 Å². The van der Waals surface area contributed by atoms with Crippen LogP contribution in [0.4, 0.5) is 10.3 Å². The number of nitrogens with zero attached hydrogens (tertiary/aromatic N) is 3. The molecular weight excluding hydrogens is 353 g/mol. The van der Waals surface area contributed by atoms with Gasteiger partial charge in [0.2, 0.25) is 5.95 Å². The van der Waals surface area contributed by atoms with Gasteiger partial charge in [-0.15, -0.1) is 0 Å². The topological polar surface area (TPSA) is 38.1 Å². The quantitative estimate of drug-likeness (QED) is 0.658. The smallest absolute Gasteiger partial charge is 0.255 e. The molecule has 1 aromatic heterocycles. The van der Waals surface area contributed by atoms with E-state index in [9.17, 15) is 9.18 Å². The van der Waals surface area contributed by atoms with Gasteiger partial charge in [0, 0.05) is 13.5 Å². The van der Waals surface area contributed by atoms with E-state index in [4.69, 9.17) is 0 Å². The van der Waals surface area contributed by atoms with E-state index in [2.05, 4.69) is 43.1 Å². The zero-order valence-electron chi connectivity index (χ0n) is 16.6. The molecule has 1 atom stereocenters. The van der Waals surface area contributed by atoms with Gasteiger partial charge in [-0.3, -0.25) is 14.3 Å². The predicted molar refractivity (Wildman–Crippen MR) is 109 cm³/mol. The largest absolute Gasteiger partial charge is 0.294 e. The summed E-state index contributed by atoms with van der Waals surface area (Å²) in [6.07, 6.45) is 2.06. The average molecular weight is 377 g/mol. The number of fused-ring (bicyclic) bond motifs is 1. The van der Waals surface area contributed by atoms with Crippen LogP contribution in [0.3, 0.4) is 0 Å². The van der Waals surface area contributed by atoms with Crippen molar-refractivity contribution in [3.8, 4) is 11.3 Å². The lowest BCUT2D eigenvalue weighted by molar-refractivity contribution is -0.124. The molecule has 1 aliphatic heterocycles. The Kier molecular flexibility index (Phi) is 4.33. The Morgan fingerprint density at radius 2 is 1.79 bits per heavy atom. The lowest BCUT2D eigenvalue weighted by Gasteiger charge is -2.26. The minimum absolute atomic E-state index is 0.0843. The molecule has 0 bridgehead atoms. The fraction of sp³-hybridized carbons (Fsp3) is 0.304. The number of hydrogen-bond donors (Lipinski definition) is 0. The van der Waals surface area contributed by atoms with Crippen molar-refractivity contribution in [3.63, 3.8) is 0 Å². The SMILES string of the molecule is CC(C)c1ccc(-c2cnc3n2C(C)(Cc2ccccc2F)C(=O)N3C)cc1. The molecule has 3 aromatic rings. The summed E-state index contributed by atoms with van der Waals surface area (Å²) in [5.74, 6) is 0.658. The third kappa shape index (κ3) is 2.73. The van der Waals surface area contributed by atoms with Gasteiger partial charge in [-0.25, -0.2) is 9.37 Å². The monoisotopic (exact) mass is 377 g/mol. The molecule has 0 saturated heterocycles. The highest BCUT2D eigenvalue weighted by Gasteiger charge is 2.48. The van der Waals surface area contributed by atoms with Gasteiger partial charge in [0.1, 0.15) is 11.4 Å². The van der Waals surface area contributed by atoms with Crippen LogP contribution >= 0.6 is 0 Å². The summed E-state index contributed by atoms with van der Waals surface area (Å²) in [7, 11) is 1.72. The molecule has 2 aromatic carbocycles. The predicted octanol–water partition coefficient (Wildman–Crippen LogP) is 4.75. The van der Waals surface area contributed by atoms with E-state index in [1.54, 1.807) is 36.3 Å². The van der Waals surface area contributed by atoms with Crippen LogP contribution in [0.15, 0.2) is 54.7 Å². The van der Waals surface area contributed by atoms with Crippen LogP contribution in [0.5, 0.6) is 0 Å². The molecule has 2 heterocycles. The highest BCUT2D eigenvalue weighted by Crippen LogP contribution is 2.41. The third-order valence-corrected chi connectivity index (χ3v) is 5.67. The number of likely N-dealkylation sites (N-methyl/N-ethyl adjacent to an activating group) is 1. The lowest BCUT2D eigenvalue weighted by Crippen LogP contribution is -2.41. The van der Waals surface area contributed by atoms with Crippen molar-refractivity contribution < 1.29 is 9.18 Å². The Hall–Kier alpha value is -2.95. The van der Waals surface area contributed by atoms with Gasteiger partial charge in [0.05, 0.1) is 11.9 Å². The number of imidazole rings is 1. The summed E-state index contributed by atoms with van der Waals surface area (Å²) in [6, 6.07) is 15.0. The first-order chi connectivity index (χ1) is 13.3. The van der Waals surface area contributed by atoms with Gasteiger partial charge in [0.25, 0.3) is 5.91 Å². The number of carbonyl (C=O) groups is 1. The summed E-state index contributed by atoms with van der Waals surface area (Å²) < 4.78 is 16.3. The standard InChI is InChI=1S/C23H24FN3O/c1-15(2)16-9-11-17(12-10-16)20-14-25-22-26(4)21(28)23(3,27(20)22)13-18-7-5-6-8-19(18)24/h5-12,14-15H,13H2,1-4H3. The fourth-order valence-electron chi connectivity index (χ4n) is 4.02. The Bertz CT molecular complexity index is 1040.